The third-order valence-electron chi connectivity index (χ3n) is 1.05. The molecule has 0 aliphatic rings. The highest BCUT2D eigenvalue weighted by atomic mass is 16.6. The summed E-state index contributed by atoms with van der Waals surface area (Å²) in [6, 6.07) is 0. The molecule has 0 fully saturated rings. The van der Waals surface area contributed by atoms with Crippen LogP contribution in [0.1, 0.15) is 19.8 Å². The first-order valence-electron chi connectivity index (χ1n) is 3.21. The van der Waals surface area contributed by atoms with Crippen molar-refractivity contribution >= 4 is 0 Å². The lowest BCUT2D eigenvalue weighted by molar-refractivity contribution is 0.0861. The number of aliphatic hydroxyl groups is 1. The van der Waals surface area contributed by atoms with Crippen molar-refractivity contribution in [3.05, 3.63) is 0 Å². The molecule has 0 aromatic heterocycles. The van der Waals surface area contributed by atoms with Gasteiger partial charge < -0.3 is 9.94 Å². The first-order chi connectivity index (χ1) is 4.27. The third-order valence-corrected chi connectivity index (χ3v) is 1.05. The van der Waals surface area contributed by atoms with Gasteiger partial charge in [0.25, 0.3) is 0 Å². The fourth-order valence-corrected chi connectivity index (χ4v) is 0.572. The van der Waals surface area contributed by atoms with E-state index in [9.17, 15) is 0 Å². The van der Waals surface area contributed by atoms with Gasteiger partial charge in [0.2, 0.25) is 0 Å². The zero-order chi connectivity index (χ0) is 7.11. The maximum absolute atomic E-state index is 8.78. The first-order valence-corrected chi connectivity index (χ1v) is 3.21. The molecular weight excluding hydrogens is 118 g/mol. The van der Waals surface area contributed by atoms with E-state index in [1.807, 2.05) is 0 Å². The minimum absolute atomic E-state index is 0.191. The number of hydroxylamine groups is 1. The maximum Gasteiger partial charge on any atom is 0.0572 e. The summed E-state index contributed by atoms with van der Waals surface area (Å²) in [4.78, 5) is 4.59. The third kappa shape index (κ3) is 7.88. The molecule has 0 aliphatic heterocycles. The molecule has 0 saturated heterocycles. The topological polar surface area (TPSA) is 41.5 Å². The fourth-order valence-electron chi connectivity index (χ4n) is 0.572. The van der Waals surface area contributed by atoms with Gasteiger partial charge in [-0.25, -0.2) is 5.48 Å². The van der Waals surface area contributed by atoms with Crippen molar-refractivity contribution < 1.29 is 9.94 Å². The van der Waals surface area contributed by atoms with Gasteiger partial charge in [-0.15, -0.1) is 0 Å². The Morgan fingerprint density at radius 2 is 2.33 bits per heavy atom. The minimum Gasteiger partial charge on any atom is -0.393 e. The highest BCUT2D eigenvalue weighted by Gasteiger charge is 1.92. The van der Waals surface area contributed by atoms with Crippen LogP contribution in [0.15, 0.2) is 0 Å². The average Bonchev–Trinajstić information content (AvgIpc) is 1.80. The Labute approximate surface area is 56.0 Å². The Balaban J connectivity index is 2.75. The Kier molecular flexibility index (Phi) is 5.93. The van der Waals surface area contributed by atoms with Crippen LogP contribution in [0.4, 0.5) is 0 Å². The van der Waals surface area contributed by atoms with Gasteiger partial charge in [0.15, 0.2) is 0 Å². The number of rotatable bonds is 5. The second kappa shape index (κ2) is 6.01. The Bertz CT molecular complexity index is 57.0. The predicted octanol–water partition coefficient (Wildman–Crippen LogP) is 0.298. The normalized spacial score (nSPS) is 13.7. The molecule has 0 bridgehead atoms. The van der Waals surface area contributed by atoms with E-state index in [0.29, 0.717) is 0 Å². The van der Waals surface area contributed by atoms with Gasteiger partial charge in [0, 0.05) is 6.54 Å². The molecule has 0 saturated carbocycles. The summed E-state index contributed by atoms with van der Waals surface area (Å²) in [7, 11) is 1.59. The van der Waals surface area contributed by atoms with Crippen molar-refractivity contribution in [3.63, 3.8) is 0 Å². The van der Waals surface area contributed by atoms with Crippen LogP contribution in [-0.2, 0) is 4.84 Å². The molecule has 0 amide bonds. The molecular formula is C6H15NO2. The van der Waals surface area contributed by atoms with Gasteiger partial charge in [-0.2, -0.15) is 0 Å². The van der Waals surface area contributed by atoms with Crippen molar-refractivity contribution in [2.45, 2.75) is 25.9 Å². The standard InChI is InChI=1S/C6H15NO2/c1-6(8)4-3-5-7-9-2/h6-8H,3-5H2,1-2H3. The van der Waals surface area contributed by atoms with E-state index in [2.05, 4.69) is 10.3 Å². The van der Waals surface area contributed by atoms with Crippen LogP contribution in [0, 0.1) is 0 Å². The van der Waals surface area contributed by atoms with E-state index in [-0.39, 0.29) is 6.10 Å². The summed E-state index contributed by atoms with van der Waals surface area (Å²) in [6.07, 6.45) is 1.59. The second-order valence-corrected chi connectivity index (χ2v) is 2.09. The number of nitrogens with one attached hydrogen (secondary N) is 1. The highest BCUT2D eigenvalue weighted by Crippen LogP contribution is 1.92. The van der Waals surface area contributed by atoms with E-state index >= 15 is 0 Å². The van der Waals surface area contributed by atoms with Crippen molar-refractivity contribution in [3.8, 4) is 0 Å². The molecule has 1 unspecified atom stereocenters. The van der Waals surface area contributed by atoms with Gasteiger partial charge in [-0.1, -0.05) is 0 Å². The van der Waals surface area contributed by atoms with E-state index in [1.54, 1.807) is 14.0 Å². The lowest BCUT2D eigenvalue weighted by Gasteiger charge is -2.02. The molecule has 56 valence electrons. The van der Waals surface area contributed by atoms with Gasteiger partial charge in [-0.3, -0.25) is 0 Å². The van der Waals surface area contributed by atoms with Crippen molar-refractivity contribution in [1.29, 1.82) is 0 Å². The minimum atomic E-state index is -0.191. The lowest BCUT2D eigenvalue weighted by atomic mass is 10.2. The largest absolute Gasteiger partial charge is 0.393 e. The monoisotopic (exact) mass is 133 g/mol. The number of hydrogen-bond donors (Lipinski definition) is 2. The van der Waals surface area contributed by atoms with E-state index in [1.165, 1.54) is 0 Å². The summed E-state index contributed by atoms with van der Waals surface area (Å²) >= 11 is 0. The van der Waals surface area contributed by atoms with Crippen LogP contribution in [0.3, 0.4) is 0 Å². The van der Waals surface area contributed by atoms with Gasteiger partial charge >= 0.3 is 0 Å². The van der Waals surface area contributed by atoms with Gasteiger partial charge in [0.05, 0.1) is 13.2 Å². The molecule has 0 radical (unpaired) electrons. The predicted molar refractivity (Wildman–Crippen MR) is 35.9 cm³/mol. The van der Waals surface area contributed by atoms with Crippen LogP contribution in [0.25, 0.3) is 0 Å². The zero-order valence-electron chi connectivity index (χ0n) is 6.05. The molecule has 2 N–H and O–H groups in total. The second-order valence-electron chi connectivity index (χ2n) is 2.09. The summed E-state index contributed by atoms with van der Waals surface area (Å²) in [5.41, 5.74) is 2.69. The van der Waals surface area contributed by atoms with Crippen molar-refractivity contribution in [2.24, 2.45) is 0 Å². The smallest absolute Gasteiger partial charge is 0.0572 e. The average molecular weight is 133 g/mol. The lowest BCUT2D eigenvalue weighted by Crippen LogP contribution is -2.14. The molecule has 0 rings (SSSR count). The summed E-state index contributed by atoms with van der Waals surface area (Å²) in [6.45, 7) is 2.59. The van der Waals surface area contributed by atoms with Crippen LogP contribution in [0.2, 0.25) is 0 Å². The van der Waals surface area contributed by atoms with Crippen molar-refractivity contribution in [2.75, 3.05) is 13.7 Å². The van der Waals surface area contributed by atoms with Gasteiger partial charge in [0.1, 0.15) is 0 Å². The summed E-state index contributed by atoms with van der Waals surface area (Å²) < 4.78 is 0. The molecule has 3 heteroatoms. The maximum atomic E-state index is 8.78. The number of aliphatic hydroxyl groups excluding tert-OH is 1. The van der Waals surface area contributed by atoms with Crippen LogP contribution >= 0.6 is 0 Å². The Hall–Kier alpha value is -0.120. The van der Waals surface area contributed by atoms with Crippen LogP contribution < -0.4 is 5.48 Å². The summed E-state index contributed by atoms with van der Waals surface area (Å²) in [5, 5.41) is 8.78. The Morgan fingerprint density at radius 3 is 2.78 bits per heavy atom. The molecule has 0 spiro atoms. The quantitative estimate of drug-likeness (QED) is 0.418. The highest BCUT2D eigenvalue weighted by molar-refractivity contribution is 4.46. The number of hydrogen-bond acceptors (Lipinski definition) is 3. The first kappa shape index (κ1) is 8.88. The summed E-state index contributed by atoms with van der Waals surface area (Å²) in [5.74, 6) is 0. The molecule has 0 aliphatic carbocycles. The SMILES string of the molecule is CONCCCC(C)O. The zero-order valence-corrected chi connectivity index (χ0v) is 6.05. The van der Waals surface area contributed by atoms with E-state index in [4.69, 9.17) is 5.11 Å². The van der Waals surface area contributed by atoms with Gasteiger partial charge in [-0.05, 0) is 19.8 Å². The van der Waals surface area contributed by atoms with E-state index in [0.717, 1.165) is 19.4 Å². The molecule has 9 heavy (non-hydrogen) atoms. The molecule has 1 atom stereocenters. The van der Waals surface area contributed by atoms with E-state index < -0.39 is 0 Å². The Morgan fingerprint density at radius 1 is 1.67 bits per heavy atom. The molecule has 0 aromatic rings. The fraction of sp³-hybridized carbons (Fsp3) is 1.00. The van der Waals surface area contributed by atoms with Crippen LogP contribution in [0.5, 0.6) is 0 Å². The molecule has 3 nitrogen and oxygen atoms in total. The van der Waals surface area contributed by atoms with Crippen molar-refractivity contribution in [1.82, 2.24) is 5.48 Å². The molecule has 0 aromatic carbocycles. The molecule has 0 heterocycles. The van der Waals surface area contributed by atoms with Crippen LogP contribution in [-0.4, -0.2) is 24.9 Å².